The number of amides is 1. The summed E-state index contributed by atoms with van der Waals surface area (Å²) in [5.41, 5.74) is -0.240. The van der Waals surface area contributed by atoms with E-state index in [2.05, 4.69) is 5.32 Å². The Morgan fingerprint density at radius 2 is 1.54 bits per heavy atom. The molecule has 1 N–H and O–H groups in total. The maximum atomic E-state index is 12.6. The Labute approximate surface area is 171 Å². The zero-order valence-corrected chi connectivity index (χ0v) is 18.4. The first kappa shape index (κ1) is 24.0. The molecule has 156 valence electrons. The standard InChI is InChI=1S/C21H31NO5S/c1-20(2,3)26-18(24)12-17(23)16(22-19(25)27-21(4,5)6)14-28-13-15-10-8-7-9-11-15/h7-11,16H,12-14H2,1-6H3,(H,22,25)/t16-/m0/s1. The van der Waals surface area contributed by atoms with Crippen LogP contribution >= 0.6 is 11.8 Å². The van der Waals surface area contributed by atoms with Crippen LogP contribution in [0.3, 0.4) is 0 Å². The molecule has 0 radical (unpaired) electrons. The molecule has 1 aromatic rings. The molecule has 6 nitrogen and oxygen atoms in total. The third kappa shape index (κ3) is 11.0. The Morgan fingerprint density at radius 1 is 0.964 bits per heavy atom. The molecule has 0 fully saturated rings. The van der Waals surface area contributed by atoms with Crippen molar-refractivity contribution in [1.29, 1.82) is 0 Å². The van der Waals surface area contributed by atoms with E-state index in [4.69, 9.17) is 9.47 Å². The van der Waals surface area contributed by atoms with Gasteiger partial charge in [-0.25, -0.2) is 4.79 Å². The Morgan fingerprint density at radius 3 is 2.07 bits per heavy atom. The zero-order valence-electron chi connectivity index (χ0n) is 17.5. The van der Waals surface area contributed by atoms with Gasteiger partial charge in [0, 0.05) is 11.5 Å². The molecule has 0 heterocycles. The molecule has 28 heavy (non-hydrogen) atoms. The van der Waals surface area contributed by atoms with Crippen molar-refractivity contribution < 1.29 is 23.9 Å². The minimum Gasteiger partial charge on any atom is -0.460 e. The second kappa shape index (κ2) is 10.5. The minimum absolute atomic E-state index is 0.329. The van der Waals surface area contributed by atoms with Crippen LogP contribution in [0, 0.1) is 0 Å². The second-order valence-electron chi connectivity index (χ2n) is 8.43. The molecule has 1 amide bonds. The third-order valence-corrected chi connectivity index (χ3v) is 4.32. The van der Waals surface area contributed by atoms with Crippen LogP contribution in [0.4, 0.5) is 4.79 Å². The highest BCUT2D eigenvalue weighted by Gasteiger charge is 2.27. The first-order valence-corrected chi connectivity index (χ1v) is 10.4. The predicted octanol–water partition coefficient (Wildman–Crippen LogP) is 4.11. The van der Waals surface area contributed by atoms with Crippen LogP contribution in [0.5, 0.6) is 0 Å². The summed E-state index contributed by atoms with van der Waals surface area (Å²) in [5, 5.41) is 2.59. The van der Waals surface area contributed by atoms with E-state index in [9.17, 15) is 14.4 Å². The number of carbonyl (C=O) groups excluding carboxylic acids is 3. The number of rotatable bonds is 8. The molecule has 1 aromatic carbocycles. The molecule has 0 aliphatic carbocycles. The van der Waals surface area contributed by atoms with Crippen LogP contribution in [-0.4, -0.2) is 40.8 Å². The SMILES string of the molecule is CC(C)(C)OC(=O)CC(=O)[C@H](CSCc1ccccc1)NC(=O)OC(C)(C)C. The molecule has 0 aromatic heterocycles. The number of ketones is 1. The van der Waals surface area contributed by atoms with Crippen molar-refractivity contribution >= 4 is 29.6 Å². The molecular weight excluding hydrogens is 378 g/mol. The van der Waals surface area contributed by atoms with Gasteiger partial charge in [-0.15, -0.1) is 0 Å². The Hall–Kier alpha value is -2.02. The Kier molecular flexibility index (Phi) is 9.01. The number of esters is 1. The Balaban J connectivity index is 2.71. The van der Waals surface area contributed by atoms with Gasteiger partial charge in [0.2, 0.25) is 0 Å². The van der Waals surface area contributed by atoms with Crippen LogP contribution in [0.2, 0.25) is 0 Å². The molecule has 0 saturated heterocycles. The summed E-state index contributed by atoms with van der Waals surface area (Å²) in [6.07, 6.45) is -1.08. The molecular formula is C21H31NO5S. The Bertz CT molecular complexity index is 662. The molecule has 0 aliphatic rings. The molecule has 0 bridgehead atoms. The van der Waals surface area contributed by atoms with Gasteiger partial charge in [-0.05, 0) is 47.1 Å². The topological polar surface area (TPSA) is 81.7 Å². The van der Waals surface area contributed by atoms with Crippen molar-refractivity contribution in [3.05, 3.63) is 35.9 Å². The van der Waals surface area contributed by atoms with Crippen molar-refractivity contribution in [3.8, 4) is 0 Å². The number of nitrogens with one attached hydrogen (secondary N) is 1. The van der Waals surface area contributed by atoms with Crippen molar-refractivity contribution in [2.75, 3.05) is 5.75 Å². The molecule has 0 spiro atoms. The minimum atomic E-state index is -0.837. The molecule has 1 rings (SSSR count). The molecule has 7 heteroatoms. The van der Waals surface area contributed by atoms with E-state index < -0.39 is 41.5 Å². The average molecular weight is 410 g/mol. The maximum Gasteiger partial charge on any atom is 0.408 e. The summed E-state index contributed by atoms with van der Waals surface area (Å²) in [6, 6.07) is 8.97. The molecule has 1 atom stereocenters. The van der Waals surface area contributed by atoms with E-state index >= 15 is 0 Å². The lowest BCUT2D eigenvalue weighted by molar-refractivity contribution is -0.156. The molecule has 0 unspecified atom stereocenters. The lowest BCUT2D eigenvalue weighted by Crippen LogP contribution is -2.45. The summed E-state index contributed by atoms with van der Waals surface area (Å²) in [5.74, 6) is 0.00486. The number of hydrogen-bond donors (Lipinski definition) is 1. The van der Waals surface area contributed by atoms with E-state index in [-0.39, 0.29) is 0 Å². The monoisotopic (exact) mass is 409 g/mol. The van der Waals surface area contributed by atoms with E-state index in [1.54, 1.807) is 41.5 Å². The third-order valence-electron chi connectivity index (χ3n) is 3.21. The van der Waals surface area contributed by atoms with Crippen LogP contribution in [0.25, 0.3) is 0 Å². The van der Waals surface area contributed by atoms with Crippen LogP contribution in [0.1, 0.15) is 53.5 Å². The smallest absolute Gasteiger partial charge is 0.408 e. The van der Waals surface area contributed by atoms with Gasteiger partial charge in [0.1, 0.15) is 23.7 Å². The number of thioether (sulfide) groups is 1. The van der Waals surface area contributed by atoms with E-state index in [1.165, 1.54) is 11.8 Å². The number of carbonyl (C=O) groups is 3. The van der Waals surface area contributed by atoms with Crippen molar-refractivity contribution in [3.63, 3.8) is 0 Å². The predicted molar refractivity (Wildman–Crippen MR) is 111 cm³/mol. The van der Waals surface area contributed by atoms with Gasteiger partial charge >= 0.3 is 12.1 Å². The highest BCUT2D eigenvalue weighted by atomic mass is 32.2. The first-order chi connectivity index (χ1) is 12.9. The zero-order chi connectivity index (χ0) is 21.4. The van der Waals surface area contributed by atoms with Gasteiger partial charge in [-0.3, -0.25) is 9.59 Å². The van der Waals surface area contributed by atoms with Crippen LogP contribution in [0.15, 0.2) is 30.3 Å². The summed E-state index contributed by atoms with van der Waals surface area (Å²) >= 11 is 1.50. The van der Waals surface area contributed by atoms with E-state index in [1.807, 2.05) is 30.3 Å². The first-order valence-electron chi connectivity index (χ1n) is 9.21. The van der Waals surface area contributed by atoms with Crippen molar-refractivity contribution in [2.45, 2.75) is 71.0 Å². The highest BCUT2D eigenvalue weighted by Crippen LogP contribution is 2.16. The van der Waals surface area contributed by atoms with Crippen molar-refractivity contribution in [2.24, 2.45) is 0 Å². The van der Waals surface area contributed by atoms with Crippen LogP contribution in [-0.2, 0) is 24.8 Å². The van der Waals surface area contributed by atoms with Gasteiger partial charge in [-0.1, -0.05) is 30.3 Å². The lowest BCUT2D eigenvalue weighted by atomic mass is 10.1. The quantitative estimate of drug-likeness (QED) is 0.514. The van der Waals surface area contributed by atoms with Gasteiger partial charge in [0.05, 0.1) is 0 Å². The van der Waals surface area contributed by atoms with Gasteiger partial charge in [-0.2, -0.15) is 11.8 Å². The van der Waals surface area contributed by atoms with E-state index in [0.29, 0.717) is 11.5 Å². The molecule has 0 saturated carbocycles. The van der Waals surface area contributed by atoms with Gasteiger partial charge in [0.15, 0.2) is 5.78 Å². The summed E-state index contributed by atoms with van der Waals surface area (Å²) in [7, 11) is 0. The second-order valence-corrected chi connectivity index (χ2v) is 9.46. The lowest BCUT2D eigenvalue weighted by Gasteiger charge is -2.23. The number of benzene rings is 1. The fourth-order valence-electron chi connectivity index (χ4n) is 2.18. The van der Waals surface area contributed by atoms with E-state index in [0.717, 1.165) is 5.56 Å². The normalized spacial score (nSPS) is 12.8. The maximum absolute atomic E-state index is 12.6. The van der Waals surface area contributed by atoms with Gasteiger partial charge < -0.3 is 14.8 Å². The summed E-state index contributed by atoms with van der Waals surface area (Å²) in [6.45, 7) is 10.4. The summed E-state index contributed by atoms with van der Waals surface area (Å²) in [4.78, 5) is 36.7. The highest BCUT2D eigenvalue weighted by molar-refractivity contribution is 7.98. The number of Topliss-reactive ketones (excluding diaryl/α,β-unsaturated/α-hetero) is 1. The number of alkyl carbamates (subject to hydrolysis) is 1. The van der Waals surface area contributed by atoms with Crippen LogP contribution < -0.4 is 5.32 Å². The van der Waals surface area contributed by atoms with Gasteiger partial charge in [0.25, 0.3) is 0 Å². The fourth-order valence-corrected chi connectivity index (χ4v) is 3.23. The fraction of sp³-hybridized carbons (Fsp3) is 0.571. The average Bonchev–Trinajstić information content (AvgIpc) is 2.51. The van der Waals surface area contributed by atoms with Crippen molar-refractivity contribution in [1.82, 2.24) is 5.32 Å². The number of ether oxygens (including phenoxy) is 2. The largest absolute Gasteiger partial charge is 0.460 e. The molecule has 0 aliphatic heterocycles. The number of hydrogen-bond acceptors (Lipinski definition) is 6. The summed E-state index contributed by atoms with van der Waals surface area (Å²) < 4.78 is 10.4.